The normalized spacial score (nSPS) is 15.7. The SMILES string of the molecule is CCCCCCCCCCCCCCCN1C=CN(CCCCCCCCC)C1CCCCC. The molecule has 0 spiro atoms. The second-order valence-electron chi connectivity index (χ2n) is 11.1. The Morgan fingerprint density at radius 3 is 1.03 bits per heavy atom. The van der Waals surface area contributed by atoms with E-state index in [2.05, 4.69) is 43.0 Å². The van der Waals surface area contributed by atoms with Gasteiger partial charge in [-0.3, -0.25) is 0 Å². The van der Waals surface area contributed by atoms with Gasteiger partial charge in [-0.1, -0.05) is 149 Å². The maximum atomic E-state index is 2.68. The topological polar surface area (TPSA) is 6.48 Å². The maximum absolute atomic E-state index is 2.68. The van der Waals surface area contributed by atoms with Crippen molar-refractivity contribution in [2.24, 2.45) is 0 Å². The lowest BCUT2D eigenvalue weighted by Gasteiger charge is -2.33. The van der Waals surface area contributed by atoms with E-state index in [0.717, 1.165) is 0 Å². The second-order valence-corrected chi connectivity index (χ2v) is 11.1. The summed E-state index contributed by atoms with van der Waals surface area (Å²) in [5.74, 6) is 0. The van der Waals surface area contributed by atoms with Gasteiger partial charge >= 0.3 is 0 Å². The third-order valence-electron chi connectivity index (χ3n) is 7.82. The van der Waals surface area contributed by atoms with Crippen LogP contribution in [0.2, 0.25) is 0 Å². The molecule has 1 aliphatic heterocycles. The minimum atomic E-state index is 0.643. The number of unbranched alkanes of at least 4 members (excludes halogenated alkanes) is 20. The van der Waals surface area contributed by atoms with Crippen molar-refractivity contribution in [3.63, 3.8) is 0 Å². The van der Waals surface area contributed by atoms with Gasteiger partial charge in [0.15, 0.2) is 0 Å². The summed E-state index contributed by atoms with van der Waals surface area (Å²) in [4.78, 5) is 5.35. The quantitative estimate of drug-likeness (QED) is 0.114. The zero-order valence-corrected chi connectivity index (χ0v) is 24.0. The van der Waals surface area contributed by atoms with Crippen molar-refractivity contribution in [3.05, 3.63) is 12.4 Å². The van der Waals surface area contributed by atoms with Crippen LogP contribution in [0.25, 0.3) is 0 Å². The van der Waals surface area contributed by atoms with E-state index in [1.165, 1.54) is 167 Å². The predicted molar refractivity (Wildman–Crippen MR) is 154 cm³/mol. The molecular formula is C32H64N2. The van der Waals surface area contributed by atoms with Gasteiger partial charge in [0.25, 0.3) is 0 Å². The molecule has 0 saturated carbocycles. The summed E-state index contributed by atoms with van der Waals surface area (Å²) in [5.41, 5.74) is 0. The van der Waals surface area contributed by atoms with Crippen molar-refractivity contribution < 1.29 is 0 Å². The third-order valence-corrected chi connectivity index (χ3v) is 7.82. The first kappa shape index (κ1) is 31.4. The molecule has 0 fully saturated rings. The van der Waals surface area contributed by atoms with Crippen LogP contribution >= 0.6 is 0 Å². The average molecular weight is 477 g/mol. The standard InChI is InChI=1S/C32H64N2/c1-4-7-10-12-14-15-16-17-18-19-21-23-26-29-34-31-30-33(32(34)27-24-9-6-3)28-25-22-20-13-11-8-5-2/h30-32H,4-29H2,1-3H3. The van der Waals surface area contributed by atoms with Gasteiger partial charge in [-0.2, -0.15) is 0 Å². The number of nitrogens with zero attached hydrogens (tertiary/aromatic N) is 2. The molecule has 2 nitrogen and oxygen atoms in total. The molecule has 1 rings (SSSR count). The minimum Gasteiger partial charge on any atom is -0.356 e. The van der Waals surface area contributed by atoms with E-state index >= 15 is 0 Å². The first-order valence-corrected chi connectivity index (χ1v) is 16.0. The first-order chi connectivity index (χ1) is 16.8. The molecule has 2 heteroatoms. The van der Waals surface area contributed by atoms with E-state index in [1.807, 2.05) is 0 Å². The van der Waals surface area contributed by atoms with Crippen LogP contribution in [0, 0.1) is 0 Å². The van der Waals surface area contributed by atoms with Crippen LogP contribution in [0.3, 0.4) is 0 Å². The molecule has 1 aliphatic rings. The molecule has 0 saturated heterocycles. The molecule has 0 aromatic rings. The Kier molecular flexibility index (Phi) is 22.2. The van der Waals surface area contributed by atoms with Gasteiger partial charge in [-0.25, -0.2) is 0 Å². The van der Waals surface area contributed by atoms with Crippen molar-refractivity contribution >= 4 is 0 Å². The van der Waals surface area contributed by atoms with Crippen LogP contribution in [0.15, 0.2) is 12.4 Å². The summed E-state index contributed by atoms with van der Waals surface area (Å²) in [6.45, 7) is 9.46. The highest BCUT2D eigenvalue weighted by Gasteiger charge is 2.24. The van der Waals surface area contributed by atoms with Crippen molar-refractivity contribution in [2.75, 3.05) is 13.1 Å². The fraction of sp³-hybridized carbons (Fsp3) is 0.938. The fourth-order valence-electron chi connectivity index (χ4n) is 5.48. The highest BCUT2D eigenvalue weighted by Crippen LogP contribution is 2.23. The molecule has 0 bridgehead atoms. The Morgan fingerprint density at radius 2 is 0.676 bits per heavy atom. The first-order valence-electron chi connectivity index (χ1n) is 16.0. The lowest BCUT2D eigenvalue weighted by molar-refractivity contribution is 0.135. The van der Waals surface area contributed by atoms with Crippen LogP contribution in [0.1, 0.15) is 175 Å². The van der Waals surface area contributed by atoms with Gasteiger partial charge in [0, 0.05) is 25.5 Å². The molecule has 0 aromatic heterocycles. The monoisotopic (exact) mass is 477 g/mol. The summed E-state index contributed by atoms with van der Waals surface area (Å²) < 4.78 is 0. The third kappa shape index (κ3) is 16.9. The van der Waals surface area contributed by atoms with E-state index in [1.54, 1.807) is 0 Å². The van der Waals surface area contributed by atoms with Crippen molar-refractivity contribution in [1.82, 2.24) is 9.80 Å². The van der Waals surface area contributed by atoms with Crippen LogP contribution in [0.4, 0.5) is 0 Å². The fourth-order valence-corrected chi connectivity index (χ4v) is 5.48. The largest absolute Gasteiger partial charge is 0.356 e. The second kappa shape index (κ2) is 24.1. The van der Waals surface area contributed by atoms with Gasteiger partial charge in [-0.05, 0) is 25.7 Å². The molecule has 0 aromatic carbocycles. The molecule has 1 atom stereocenters. The lowest BCUT2D eigenvalue weighted by atomic mass is 10.0. The molecule has 34 heavy (non-hydrogen) atoms. The highest BCUT2D eigenvalue weighted by atomic mass is 15.4. The van der Waals surface area contributed by atoms with E-state index in [9.17, 15) is 0 Å². The predicted octanol–water partition coefficient (Wildman–Crippen LogP) is 10.8. The zero-order chi connectivity index (χ0) is 24.5. The van der Waals surface area contributed by atoms with Crippen molar-refractivity contribution in [3.8, 4) is 0 Å². The Bertz CT molecular complexity index is 433. The van der Waals surface area contributed by atoms with Crippen molar-refractivity contribution in [1.29, 1.82) is 0 Å². The Labute approximate surface area is 216 Å². The molecule has 202 valence electrons. The summed E-state index contributed by atoms with van der Waals surface area (Å²) >= 11 is 0. The van der Waals surface area contributed by atoms with Crippen molar-refractivity contribution in [2.45, 2.75) is 181 Å². The van der Waals surface area contributed by atoms with Crippen LogP contribution in [-0.2, 0) is 0 Å². The number of rotatable bonds is 26. The number of hydrogen-bond acceptors (Lipinski definition) is 2. The maximum Gasteiger partial charge on any atom is 0.101 e. The molecular weight excluding hydrogens is 412 g/mol. The van der Waals surface area contributed by atoms with Gasteiger partial charge in [0.05, 0.1) is 0 Å². The average Bonchev–Trinajstić information content (AvgIpc) is 3.23. The molecule has 0 radical (unpaired) electrons. The van der Waals surface area contributed by atoms with Gasteiger partial charge in [0.1, 0.15) is 6.17 Å². The van der Waals surface area contributed by atoms with Gasteiger partial charge in [-0.15, -0.1) is 0 Å². The van der Waals surface area contributed by atoms with E-state index < -0.39 is 0 Å². The highest BCUT2D eigenvalue weighted by molar-refractivity contribution is 4.97. The Balaban J connectivity index is 2.10. The summed E-state index contributed by atoms with van der Waals surface area (Å²) in [5, 5.41) is 0. The van der Waals surface area contributed by atoms with Crippen LogP contribution in [-0.4, -0.2) is 29.1 Å². The molecule has 1 unspecified atom stereocenters. The molecule has 0 N–H and O–H groups in total. The number of hydrogen-bond donors (Lipinski definition) is 0. The zero-order valence-electron chi connectivity index (χ0n) is 24.0. The van der Waals surface area contributed by atoms with E-state index in [-0.39, 0.29) is 0 Å². The van der Waals surface area contributed by atoms with Gasteiger partial charge in [0.2, 0.25) is 0 Å². The smallest absolute Gasteiger partial charge is 0.101 e. The summed E-state index contributed by atoms with van der Waals surface area (Å²) in [6, 6.07) is 0. The summed E-state index contributed by atoms with van der Waals surface area (Å²) in [7, 11) is 0. The lowest BCUT2D eigenvalue weighted by Crippen LogP contribution is -2.39. The van der Waals surface area contributed by atoms with Crippen LogP contribution < -0.4 is 0 Å². The van der Waals surface area contributed by atoms with E-state index in [0.29, 0.717) is 6.17 Å². The molecule has 0 amide bonds. The Hall–Kier alpha value is -0.660. The molecule has 1 heterocycles. The van der Waals surface area contributed by atoms with Crippen LogP contribution in [0.5, 0.6) is 0 Å². The minimum absolute atomic E-state index is 0.643. The van der Waals surface area contributed by atoms with Gasteiger partial charge < -0.3 is 9.80 Å². The Morgan fingerprint density at radius 1 is 0.382 bits per heavy atom. The molecule has 0 aliphatic carbocycles. The summed E-state index contributed by atoms with van der Waals surface area (Å²) in [6.07, 6.45) is 39.5. The van der Waals surface area contributed by atoms with E-state index in [4.69, 9.17) is 0 Å².